The molecule has 1 N–H and O–H groups in total. The van der Waals surface area contributed by atoms with Crippen molar-refractivity contribution in [1.29, 1.82) is 0 Å². The second-order valence-corrected chi connectivity index (χ2v) is 7.73. The van der Waals surface area contributed by atoms with Crippen molar-refractivity contribution in [2.75, 3.05) is 4.72 Å². The van der Waals surface area contributed by atoms with E-state index in [1.807, 2.05) is 20.8 Å². The van der Waals surface area contributed by atoms with Crippen molar-refractivity contribution < 1.29 is 21.6 Å². The molecule has 0 unspecified atom stereocenters. The van der Waals surface area contributed by atoms with Gasteiger partial charge >= 0.3 is 0 Å². The Morgan fingerprint density at radius 2 is 1.52 bits per heavy atom. The Labute approximate surface area is 133 Å². The molecule has 0 aliphatic heterocycles. The summed E-state index contributed by atoms with van der Waals surface area (Å²) in [5.41, 5.74) is 0.571. The van der Waals surface area contributed by atoms with Crippen LogP contribution in [-0.4, -0.2) is 8.42 Å². The fraction of sp³-hybridized carbons (Fsp3) is 0.250. The van der Waals surface area contributed by atoms with E-state index >= 15 is 0 Å². The van der Waals surface area contributed by atoms with Gasteiger partial charge in [-0.3, -0.25) is 4.72 Å². The lowest BCUT2D eigenvalue weighted by Crippen LogP contribution is -2.20. The highest BCUT2D eigenvalue weighted by Crippen LogP contribution is 2.31. The highest BCUT2D eigenvalue weighted by atomic mass is 32.2. The molecular weight excluding hydrogens is 327 g/mol. The fourth-order valence-corrected chi connectivity index (χ4v) is 3.29. The van der Waals surface area contributed by atoms with E-state index in [2.05, 4.69) is 4.72 Å². The number of para-hydroxylation sites is 1. The fourth-order valence-electron chi connectivity index (χ4n) is 2.14. The first-order chi connectivity index (χ1) is 10.5. The summed E-state index contributed by atoms with van der Waals surface area (Å²) < 4.78 is 66.9. The van der Waals surface area contributed by atoms with E-state index in [1.165, 1.54) is 6.07 Å². The molecule has 0 aromatic heterocycles. The molecule has 2 rings (SSSR count). The Hall–Kier alpha value is -2.02. The van der Waals surface area contributed by atoms with Gasteiger partial charge in [0.1, 0.15) is 4.90 Å². The molecule has 0 aliphatic rings. The molecule has 0 saturated heterocycles. The van der Waals surface area contributed by atoms with E-state index in [0.29, 0.717) is 17.7 Å². The number of hydrogen-bond acceptors (Lipinski definition) is 2. The van der Waals surface area contributed by atoms with E-state index in [0.717, 1.165) is 0 Å². The van der Waals surface area contributed by atoms with Gasteiger partial charge in [-0.1, -0.05) is 39.0 Å². The average Bonchev–Trinajstić information content (AvgIpc) is 2.43. The Morgan fingerprint density at radius 3 is 2.13 bits per heavy atom. The SMILES string of the molecule is CC(C)(C)c1ccccc1NS(=O)(=O)c1ccc(F)c(F)c1F. The van der Waals surface area contributed by atoms with Crippen LogP contribution < -0.4 is 4.72 Å². The van der Waals surface area contributed by atoms with Crippen molar-refractivity contribution in [1.82, 2.24) is 0 Å². The molecule has 0 fully saturated rings. The molecule has 2 aromatic carbocycles. The minimum Gasteiger partial charge on any atom is -0.279 e. The zero-order chi connectivity index (χ0) is 17.4. The summed E-state index contributed by atoms with van der Waals surface area (Å²) in [6, 6.07) is 7.89. The predicted molar refractivity (Wildman–Crippen MR) is 82.3 cm³/mol. The first kappa shape index (κ1) is 17.3. The van der Waals surface area contributed by atoms with Crippen LogP contribution in [0.15, 0.2) is 41.3 Å². The topological polar surface area (TPSA) is 46.2 Å². The molecular formula is C16H16F3NO2S. The monoisotopic (exact) mass is 343 g/mol. The Balaban J connectivity index is 2.51. The van der Waals surface area contributed by atoms with E-state index in [-0.39, 0.29) is 11.1 Å². The number of rotatable bonds is 3. The standard InChI is InChI=1S/C16H16F3NO2S/c1-16(2,3)10-6-4-5-7-12(10)20-23(21,22)13-9-8-11(17)14(18)15(13)19/h4-9,20H,1-3H3. The van der Waals surface area contributed by atoms with E-state index in [1.54, 1.807) is 18.2 Å². The van der Waals surface area contributed by atoms with Gasteiger partial charge in [0.25, 0.3) is 10.0 Å². The lowest BCUT2D eigenvalue weighted by molar-refractivity contribution is 0.432. The summed E-state index contributed by atoms with van der Waals surface area (Å²) in [6.45, 7) is 5.66. The number of halogens is 3. The predicted octanol–water partition coefficient (Wildman–Crippen LogP) is 4.20. The van der Waals surface area contributed by atoms with Crippen LogP contribution in [0.5, 0.6) is 0 Å². The summed E-state index contributed by atoms with van der Waals surface area (Å²) in [4.78, 5) is -0.944. The zero-order valence-corrected chi connectivity index (χ0v) is 13.6. The Kier molecular flexibility index (Phi) is 4.43. The van der Waals surface area contributed by atoms with Gasteiger partial charge in [-0.15, -0.1) is 0 Å². The van der Waals surface area contributed by atoms with Crippen molar-refractivity contribution in [3.63, 3.8) is 0 Å². The third kappa shape index (κ3) is 3.50. The number of sulfonamides is 1. The van der Waals surface area contributed by atoms with Gasteiger partial charge in [0.2, 0.25) is 0 Å². The lowest BCUT2D eigenvalue weighted by Gasteiger charge is -2.23. The van der Waals surface area contributed by atoms with E-state index in [9.17, 15) is 21.6 Å². The maximum absolute atomic E-state index is 13.8. The third-order valence-electron chi connectivity index (χ3n) is 3.27. The van der Waals surface area contributed by atoms with Crippen molar-refractivity contribution in [3.8, 4) is 0 Å². The molecule has 0 atom stereocenters. The van der Waals surface area contributed by atoms with E-state index in [4.69, 9.17) is 0 Å². The average molecular weight is 343 g/mol. The number of hydrogen-bond donors (Lipinski definition) is 1. The van der Waals surface area contributed by atoms with Gasteiger partial charge in [-0.2, -0.15) is 0 Å². The normalized spacial score (nSPS) is 12.3. The summed E-state index contributed by atoms with van der Waals surface area (Å²) in [5, 5.41) is 0. The second kappa shape index (κ2) is 5.88. The van der Waals surface area contributed by atoms with Gasteiger partial charge < -0.3 is 0 Å². The Morgan fingerprint density at radius 1 is 0.913 bits per heavy atom. The van der Waals surface area contributed by atoms with Crippen LogP contribution in [0, 0.1) is 17.5 Å². The number of anilines is 1. The number of benzene rings is 2. The van der Waals surface area contributed by atoms with Crippen LogP contribution in [-0.2, 0) is 15.4 Å². The molecule has 0 amide bonds. The second-order valence-electron chi connectivity index (χ2n) is 6.07. The summed E-state index contributed by atoms with van der Waals surface area (Å²) >= 11 is 0. The van der Waals surface area contributed by atoms with Crippen LogP contribution in [0.25, 0.3) is 0 Å². The molecule has 0 saturated carbocycles. The highest BCUT2D eigenvalue weighted by molar-refractivity contribution is 7.92. The van der Waals surface area contributed by atoms with Gasteiger partial charge in [0.15, 0.2) is 17.5 Å². The molecule has 0 radical (unpaired) electrons. The molecule has 0 aliphatic carbocycles. The molecule has 0 spiro atoms. The molecule has 0 bridgehead atoms. The maximum Gasteiger partial charge on any atom is 0.264 e. The van der Waals surface area contributed by atoms with Crippen molar-refractivity contribution in [2.24, 2.45) is 0 Å². The summed E-state index contributed by atoms with van der Waals surface area (Å²) in [6.07, 6.45) is 0. The van der Waals surface area contributed by atoms with Gasteiger partial charge in [-0.25, -0.2) is 21.6 Å². The summed E-state index contributed by atoms with van der Waals surface area (Å²) in [7, 11) is -4.40. The van der Waals surface area contributed by atoms with Crippen LogP contribution in [0.2, 0.25) is 0 Å². The molecule has 124 valence electrons. The quantitative estimate of drug-likeness (QED) is 0.849. The molecule has 7 heteroatoms. The van der Waals surface area contributed by atoms with Crippen molar-refractivity contribution in [3.05, 3.63) is 59.4 Å². The van der Waals surface area contributed by atoms with Crippen LogP contribution in [0.3, 0.4) is 0 Å². The minimum atomic E-state index is -4.40. The minimum absolute atomic E-state index is 0.254. The van der Waals surface area contributed by atoms with Crippen LogP contribution >= 0.6 is 0 Å². The first-order valence-electron chi connectivity index (χ1n) is 6.80. The molecule has 0 heterocycles. The van der Waals surface area contributed by atoms with Crippen LogP contribution in [0.1, 0.15) is 26.3 Å². The van der Waals surface area contributed by atoms with Gasteiger partial charge in [0, 0.05) is 0 Å². The van der Waals surface area contributed by atoms with Gasteiger partial charge in [0.05, 0.1) is 5.69 Å². The van der Waals surface area contributed by atoms with Crippen LogP contribution in [0.4, 0.5) is 18.9 Å². The molecule has 2 aromatic rings. The van der Waals surface area contributed by atoms with Gasteiger partial charge in [-0.05, 0) is 29.2 Å². The Bertz CT molecular complexity index is 843. The molecule has 23 heavy (non-hydrogen) atoms. The van der Waals surface area contributed by atoms with Crippen molar-refractivity contribution in [2.45, 2.75) is 31.1 Å². The van der Waals surface area contributed by atoms with Crippen molar-refractivity contribution >= 4 is 15.7 Å². The molecule has 3 nitrogen and oxygen atoms in total. The zero-order valence-electron chi connectivity index (χ0n) is 12.8. The largest absolute Gasteiger partial charge is 0.279 e. The smallest absolute Gasteiger partial charge is 0.264 e. The van der Waals surface area contributed by atoms with E-state index < -0.39 is 32.4 Å². The number of nitrogens with one attached hydrogen (secondary N) is 1. The maximum atomic E-state index is 13.8. The first-order valence-corrected chi connectivity index (χ1v) is 8.28. The lowest BCUT2D eigenvalue weighted by atomic mass is 9.86. The highest BCUT2D eigenvalue weighted by Gasteiger charge is 2.26. The third-order valence-corrected chi connectivity index (χ3v) is 4.65. The summed E-state index contributed by atoms with van der Waals surface area (Å²) in [5.74, 6) is -5.01.